The number of halogens is 1. The molecule has 5 rings (SSSR count). The number of carbonyl (C=O) groups is 1. The molecule has 0 spiro atoms. The number of benzene rings is 2. The molecule has 0 bridgehead atoms. The molecule has 6 heteroatoms. The van der Waals surface area contributed by atoms with Gasteiger partial charge in [-0.3, -0.25) is 14.7 Å². The fourth-order valence-electron chi connectivity index (χ4n) is 4.87. The predicted molar refractivity (Wildman–Crippen MR) is 112 cm³/mol. The Morgan fingerprint density at radius 1 is 1.07 bits per heavy atom. The molecule has 0 radical (unpaired) electrons. The first-order chi connectivity index (χ1) is 14.7. The summed E-state index contributed by atoms with van der Waals surface area (Å²) in [5, 5.41) is 10.1. The summed E-state index contributed by atoms with van der Waals surface area (Å²) < 4.78 is 14.3. The molecule has 2 aliphatic heterocycles. The third kappa shape index (κ3) is 3.00. The van der Waals surface area contributed by atoms with Crippen LogP contribution in [0.25, 0.3) is 0 Å². The highest BCUT2D eigenvalue weighted by atomic mass is 19.1. The van der Waals surface area contributed by atoms with E-state index in [0.29, 0.717) is 24.2 Å². The van der Waals surface area contributed by atoms with E-state index in [0.717, 1.165) is 11.3 Å². The number of aromatic nitrogens is 1. The second-order valence-electron chi connectivity index (χ2n) is 7.82. The Morgan fingerprint density at radius 3 is 2.57 bits per heavy atom. The molecule has 0 unspecified atom stereocenters. The smallest absolute Gasteiger partial charge is 0.258 e. The number of rotatable bonds is 4. The molecule has 1 amide bonds. The molecule has 1 aromatic heterocycles. The molecule has 0 saturated carbocycles. The Hall–Kier alpha value is -3.09. The van der Waals surface area contributed by atoms with Gasteiger partial charge in [0.15, 0.2) is 0 Å². The summed E-state index contributed by atoms with van der Waals surface area (Å²) in [6.07, 6.45) is 3.23. The average Bonchev–Trinajstić information content (AvgIpc) is 2.78. The van der Waals surface area contributed by atoms with E-state index in [-0.39, 0.29) is 36.3 Å². The number of hydrogen-bond acceptors (Lipinski definition) is 4. The van der Waals surface area contributed by atoms with Crippen LogP contribution in [0.4, 0.5) is 10.1 Å². The number of likely N-dealkylation sites (tertiary alicyclic amines) is 1. The second-order valence-corrected chi connectivity index (χ2v) is 7.82. The summed E-state index contributed by atoms with van der Waals surface area (Å²) >= 11 is 0. The minimum atomic E-state index is -0.251. The highest BCUT2D eigenvalue weighted by molar-refractivity contribution is 6.07. The number of aliphatic hydroxyl groups excluding tert-OH is 1. The first-order valence-corrected chi connectivity index (χ1v) is 10.1. The van der Waals surface area contributed by atoms with Crippen molar-refractivity contribution in [2.24, 2.45) is 0 Å². The van der Waals surface area contributed by atoms with Crippen molar-refractivity contribution in [1.29, 1.82) is 0 Å². The number of hydrogen-bond donors (Lipinski definition) is 1. The van der Waals surface area contributed by atoms with Crippen molar-refractivity contribution in [3.05, 3.63) is 95.6 Å². The van der Waals surface area contributed by atoms with Crippen LogP contribution in [0.2, 0.25) is 0 Å². The standard InChI is InChI=1S/C24H22FN3O2/c25-19-7-3-1-5-17(19)13-27-21-14-28(24(30)16-9-11-26-12-10-16)20-8-4-2-6-18(20)23(21)22(27)15-29/h1-12,21-23,29H,13-15H2/t21-,22-,23+/m1/s1. The topological polar surface area (TPSA) is 56.7 Å². The average molecular weight is 403 g/mol. The number of anilines is 1. The Labute approximate surface area is 174 Å². The molecule has 1 saturated heterocycles. The lowest BCUT2D eigenvalue weighted by molar-refractivity contribution is -0.0494. The van der Waals surface area contributed by atoms with Crippen LogP contribution in [0.3, 0.4) is 0 Å². The molecule has 30 heavy (non-hydrogen) atoms. The second kappa shape index (κ2) is 7.63. The van der Waals surface area contributed by atoms with Gasteiger partial charge in [-0.25, -0.2) is 4.39 Å². The van der Waals surface area contributed by atoms with Crippen LogP contribution in [-0.2, 0) is 6.54 Å². The highest BCUT2D eigenvalue weighted by Crippen LogP contribution is 2.49. The van der Waals surface area contributed by atoms with Crippen LogP contribution in [0.5, 0.6) is 0 Å². The monoisotopic (exact) mass is 403 g/mol. The van der Waals surface area contributed by atoms with Crippen molar-refractivity contribution >= 4 is 11.6 Å². The predicted octanol–water partition coefficient (Wildman–Crippen LogP) is 3.21. The van der Waals surface area contributed by atoms with Crippen LogP contribution in [0.15, 0.2) is 73.1 Å². The molecule has 3 atom stereocenters. The minimum absolute atomic E-state index is 0.0117. The maximum absolute atomic E-state index is 14.3. The van der Waals surface area contributed by atoms with E-state index in [4.69, 9.17) is 0 Å². The summed E-state index contributed by atoms with van der Waals surface area (Å²) in [6.45, 7) is 0.883. The zero-order chi connectivity index (χ0) is 20.7. The zero-order valence-electron chi connectivity index (χ0n) is 16.4. The maximum Gasteiger partial charge on any atom is 0.258 e. The van der Waals surface area contributed by atoms with Gasteiger partial charge in [0.05, 0.1) is 6.61 Å². The van der Waals surface area contributed by atoms with E-state index in [1.54, 1.807) is 41.6 Å². The van der Waals surface area contributed by atoms with Gasteiger partial charge in [0.2, 0.25) is 0 Å². The van der Waals surface area contributed by atoms with Crippen LogP contribution in [0.1, 0.15) is 27.4 Å². The van der Waals surface area contributed by atoms with Gasteiger partial charge in [-0.15, -0.1) is 0 Å². The molecule has 0 aliphatic carbocycles. The molecule has 3 aromatic rings. The summed E-state index contributed by atoms with van der Waals surface area (Å²) in [5.74, 6) is -0.223. The fraction of sp³-hybridized carbons (Fsp3) is 0.250. The van der Waals surface area contributed by atoms with Gasteiger partial charge in [-0.1, -0.05) is 36.4 Å². The third-order valence-corrected chi connectivity index (χ3v) is 6.31. The Bertz CT molecular complexity index is 1070. The van der Waals surface area contributed by atoms with Crippen molar-refractivity contribution in [2.75, 3.05) is 18.1 Å². The number of fused-ring (bicyclic) bond motifs is 3. The molecule has 3 heterocycles. The van der Waals surface area contributed by atoms with Crippen molar-refractivity contribution in [3.63, 3.8) is 0 Å². The molecule has 1 N–H and O–H groups in total. The van der Waals surface area contributed by atoms with Gasteiger partial charge >= 0.3 is 0 Å². The summed E-state index contributed by atoms with van der Waals surface area (Å²) in [5.41, 5.74) is 3.11. The van der Waals surface area contributed by atoms with Gasteiger partial charge in [-0.05, 0) is 29.8 Å². The number of carbonyl (C=O) groups excluding carboxylic acids is 1. The Kier molecular flexibility index (Phi) is 4.81. The van der Waals surface area contributed by atoms with Gasteiger partial charge < -0.3 is 10.0 Å². The van der Waals surface area contributed by atoms with E-state index < -0.39 is 0 Å². The zero-order valence-corrected chi connectivity index (χ0v) is 16.4. The van der Waals surface area contributed by atoms with Crippen LogP contribution in [-0.4, -0.2) is 46.1 Å². The number of nitrogens with zero attached hydrogens (tertiary/aromatic N) is 3. The normalized spacial score (nSPS) is 22.7. The SMILES string of the molecule is O=C(c1ccncc1)N1C[C@@H]2[C@H](c3ccccc31)[C@@H](CO)N2Cc1ccccc1F. The van der Waals surface area contributed by atoms with Gasteiger partial charge in [0, 0.05) is 60.3 Å². The van der Waals surface area contributed by atoms with E-state index in [9.17, 15) is 14.3 Å². The quantitative estimate of drug-likeness (QED) is 0.727. The fourth-order valence-corrected chi connectivity index (χ4v) is 4.87. The summed E-state index contributed by atoms with van der Waals surface area (Å²) in [4.78, 5) is 21.2. The van der Waals surface area contributed by atoms with E-state index in [1.165, 1.54) is 6.07 Å². The summed E-state index contributed by atoms with van der Waals surface area (Å²) in [6, 6.07) is 17.9. The molecule has 2 aliphatic rings. The van der Waals surface area contributed by atoms with E-state index in [1.807, 2.05) is 30.3 Å². The van der Waals surface area contributed by atoms with E-state index in [2.05, 4.69) is 9.88 Å². The van der Waals surface area contributed by atoms with Crippen LogP contribution >= 0.6 is 0 Å². The Balaban J connectivity index is 1.50. The molecule has 1 fully saturated rings. The van der Waals surface area contributed by atoms with Crippen molar-refractivity contribution in [1.82, 2.24) is 9.88 Å². The van der Waals surface area contributed by atoms with Crippen LogP contribution < -0.4 is 4.90 Å². The largest absolute Gasteiger partial charge is 0.395 e. The lowest BCUT2D eigenvalue weighted by Gasteiger charge is -2.59. The van der Waals surface area contributed by atoms with Crippen molar-refractivity contribution in [2.45, 2.75) is 24.5 Å². The third-order valence-electron chi connectivity index (χ3n) is 6.31. The number of amides is 1. The highest BCUT2D eigenvalue weighted by Gasteiger charge is 2.53. The van der Waals surface area contributed by atoms with Crippen LogP contribution in [0, 0.1) is 5.82 Å². The first-order valence-electron chi connectivity index (χ1n) is 10.1. The van der Waals surface area contributed by atoms with Crippen molar-refractivity contribution in [3.8, 4) is 0 Å². The van der Waals surface area contributed by atoms with Gasteiger partial charge in [-0.2, -0.15) is 0 Å². The Morgan fingerprint density at radius 2 is 1.80 bits per heavy atom. The number of aliphatic hydroxyl groups is 1. The molecular formula is C24H22FN3O2. The molecule has 5 nitrogen and oxygen atoms in total. The number of pyridine rings is 1. The molecular weight excluding hydrogens is 381 g/mol. The first kappa shape index (κ1) is 18.9. The molecule has 152 valence electrons. The van der Waals surface area contributed by atoms with Gasteiger partial charge in [0.25, 0.3) is 5.91 Å². The summed E-state index contributed by atoms with van der Waals surface area (Å²) in [7, 11) is 0. The van der Waals surface area contributed by atoms with Gasteiger partial charge in [0.1, 0.15) is 5.82 Å². The van der Waals surface area contributed by atoms with E-state index >= 15 is 0 Å². The maximum atomic E-state index is 14.3. The number of para-hydroxylation sites is 1. The van der Waals surface area contributed by atoms with Crippen molar-refractivity contribution < 1.29 is 14.3 Å². The lowest BCUT2D eigenvalue weighted by atomic mass is 9.71. The lowest BCUT2D eigenvalue weighted by Crippen LogP contribution is -2.68. The molecule has 2 aromatic carbocycles. The minimum Gasteiger partial charge on any atom is -0.395 e.